The largest absolute Gasteiger partial charge is 0.508 e. The van der Waals surface area contributed by atoms with Crippen LogP contribution in [-0.4, -0.2) is 26.9 Å². The van der Waals surface area contributed by atoms with Crippen molar-refractivity contribution in [3.63, 3.8) is 0 Å². The average molecular weight is 348 g/mol. The maximum absolute atomic E-state index is 12.3. The normalized spacial score (nSPS) is 11.4. The lowest BCUT2D eigenvalue weighted by molar-refractivity contribution is 0.0950. The van der Waals surface area contributed by atoms with Crippen molar-refractivity contribution in [3.8, 4) is 17.0 Å². The van der Waals surface area contributed by atoms with Crippen LogP contribution in [0.2, 0.25) is 0 Å². The SMILES string of the molecule is C/C(=N/NC(=O)c1cc(-c2ccc(C)c(C)c2)n[nH]1)c1ccc(O)cc1. The Balaban J connectivity index is 1.72. The second-order valence-corrected chi connectivity index (χ2v) is 6.15. The van der Waals surface area contributed by atoms with E-state index in [1.807, 2.05) is 25.1 Å². The summed E-state index contributed by atoms with van der Waals surface area (Å²) in [6, 6.07) is 14.4. The van der Waals surface area contributed by atoms with Crippen molar-refractivity contribution in [1.82, 2.24) is 15.6 Å². The zero-order valence-electron chi connectivity index (χ0n) is 14.9. The second kappa shape index (κ2) is 7.23. The fourth-order valence-corrected chi connectivity index (χ4v) is 2.45. The molecule has 6 heteroatoms. The Kier molecular flexibility index (Phi) is 4.84. The average Bonchev–Trinajstić information content (AvgIpc) is 3.12. The number of rotatable bonds is 4. The third kappa shape index (κ3) is 3.80. The van der Waals surface area contributed by atoms with Crippen molar-refractivity contribution in [2.45, 2.75) is 20.8 Å². The quantitative estimate of drug-likeness (QED) is 0.497. The molecule has 0 atom stereocenters. The van der Waals surface area contributed by atoms with E-state index in [-0.39, 0.29) is 11.7 Å². The van der Waals surface area contributed by atoms with Gasteiger partial charge in [0.2, 0.25) is 0 Å². The smallest absolute Gasteiger partial charge is 0.289 e. The summed E-state index contributed by atoms with van der Waals surface area (Å²) in [4.78, 5) is 12.3. The van der Waals surface area contributed by atoms with Gasteiger partial charge in [-0.2, -0.15) is 10.2 Å². The Hall–Kier alpha value is -3.41. The molecule has 1 amide bonds. The summed E-state index contributed by atoms with van der Waals surface area (Å²) in [5, 5.41) is 20.4. The summed E-state index contributed by atoms with van der Waals surface area (Å²) in [5.41, 5.74) is 8.33. The molecule has 2 aromatic carbocycles. The third-order valence-electron chi connectivity index (χ3n) is 4.24. The minimum atomic E-state index is -0.370. The second-order valence-electron chi connectivity index (χ2n) is 6.15. The van der Waals surface area contributed by atoms with Crippen molar-refractivity contribution < 1.29 is 9.90 Å². The van der Waals surface area contributed by atoms with E-state index in [9.17, 15) is 9.90 Å². The number of nitrogens with zero attached hydrogens (tertiary/aromatic N) is 2. The van der Waals surface area contributed by atoms with Crippen molar-refractivity contribution in [1.29, 1.82) is 0 Å². The maximum atomic E-state index is 12.3. The predicted molar refractivity (Wildman–Crippen MR) is 101 cm³/mol. The molecule has 0 radical (unpaired) electrons. The number of amides is 1. The number of aromatic hydroxyl groups is 1. The van der Waals surface area contributed by atoms with Gasteiger partial charge in [-0.3, -0.25) is 9.89 Å². The van der Waals surface area contributed by atoms with Gasteiger partial charge in [0.15, 0.2) is 0 Å². The van der Waals surface area contributed by atoms with Crippen LogP contribution in [0.5, 0.6) is 5.75 Å². The van der Waals surface area contributed by atoms with Crippen LogP contribution in [0.1, 0.15) is 34.1 Å². The number of phenols is 1. The molecule has 0 aliphatic carbocycles. The molecule has 0 saturated carbocycles. The molecule has 26 heavy (non-hydrogen) atoms. The van der Waals surface area contributed by atoms with Crippen LogP contribution in [0.3, 0.4) is 0 Å². The van der Waals surface area contributed by atoms with Crippen molar-refractivity contribution in [2.24, 2.45) is 5.10 Å². The van der Waals surface area contributed by atoms with E-state index < -0.39 is 0 Å². The van der Waals surface area contributed by atoms with E-state index in [2.05, 4.69) is 27.6 Å². The van der Waals surface area contributed by atoms with E-state index in [0.717, 1.165) is 11.1 Å². The number of hydrogen-bond acceptors (Lipinski definition) is 4. The summed E-state index contributed by atoms with van der Waals surface area (Å²) in [6.07, 6.45) is 0. The molecular formula is C20H20N4O2. The van der Waals surface area contributed by atoms with E-state index in [1.165, 1.54) is 11.1 Å². The van der Waals surface area contributed by atoms with Crippen LogP contribution in [0.25, 0.3) is 11.3 Å². The van der Waals surface area contributed by atoms with Gasteiger partial charge in [-0.25, -0.2) is 5.43 Å². The molecule has 3 N–H and O–H groups in total. The number of carbonyl (C=O) groups excluding carboxylic acids is 1. The van der Waals surface area contributed by atoms with Crippen molar-refractivity contribution in [3.05, 3.63) is 70.9 Å². The number of aromatic nitrogens is 2. The number of nitrogens with one attached hydrogen (secondary N) is 2. The predicted octanol–water partition coefficient (Wildman–Crippen LogP) is 3.55. The fraction of sp³-hybridized carbons (Fsp3) is 0.150. The molecule has 0 bridgehead atoms. The van der Waals surface area contributed by atoms with Gasteiger partial charge in [-0.05, 0) is 73.9 Å². The van der Waals surface area contributed by atoms with Crippen molar-refractivity contribution >= 4 is 11.6 Å². The van der Waals surface area contributed by atoms with Gasteiger partial charge in [0, 0.05) is 5.56 Å². The van der Waals surface area contributed by atoms with Crippen molar-refractivity contribution in [2.75, 3.05) is 0 Å². The summed E-state index contributed by atoms with van der Waals surface area (Å²) < 4.78 is 0. The minimum Gasteiger partial charge on any atom is -0.508 e. The standard InChI is InChI=1S/C20H20N4O2/c1-12-4-5-16(10-13(12)2)18-11-19(23-22-18)20(26)24-21-14(3)15-6-8-17(25)9-7-15/h4-11,25H,1-3H3,(H,22,23)(H,24,26)/b21-14-. The molecule has 3 aromatic rings. The Morgan fingerprint density at radius 2 is 1.81 bits per heavy atom. The van der Waals surface area contributed by atoms with E-state index >= 15 is 0 Å². The lowest BCUT2D eigenvalue weighted by Gasteiger charge is -2.02. The van der Waals surface area contributed by atoms with Crippen LogP contribution >= 0.6 is 0 Å². The minimum absolute atomic E-state index is 0.182. The zero-order chi connectivity index (χ0) is 18.7. The van der Waals surface area contributed by atoms with Gasteiger partial charge in [-0.15, -0.1) is 0 Å². The number of aromatic amines is 1. The topological polar surface area (TPSA) is 90.4 Å². The summed E-state index contributed by atoms with van der Waals surface area (Å²) in [5.74, 6) is -0.187. The molecule has 0 fully saturated rings. The van der Waals surface area contributed by atoms with Crippen LogP contribution < -0.4 is 5.43 Å². The first-order valence-corrected chi connectivity index (χ1v) is 8.21. The Morgan fingerprint density at radius 1 is 1.08 bits per heavy atom. The summed E-state index contributed by atoms with van der Waals surface area (Å²) in [7, 11) is 0. The molecule has 3 rings (SSSR count). The molecule has 6 nitrogen and oxygen atoms in total. The van der Waals surface area contributed by atoms with E-state index in [4.69, 9.17) is 0 Å². The van der Waals surface area contributed by atoms with Gasteiger partial charge < -0.3 is 5.11 Å². The molecule has 0 aliphatic rings. The van der Waals surface area contributed by atoms with Crippen LogP contribution in [-0.2, 0) is 0 Å². The Bertz CT molecular complexity index is 972. The zero-order valence-corrected chi connectivity index (χ0v) is 14.9. The number of H-pyrrole nitrogens is 1. The highest BCUT2D eigenvalue weighted by molar-refractivity contribution is 6.00. The maximum Gasteiger partial charge on any atom is 0.289 e. The molecule has 0 aliphatic heterocycles. The number of aryl methyl sites for hydroxylation is 2. The first kappa shape index (κ1) is 17.4. The molecular weight excluding hydrogens is 328 g/mol. The molecule has 0 spiro atoms. The Morgan fingerprint density at radius 3 is 2.50 bits per heavy atom. The number of benzene rings is 2. The number of hydrogen-bond donors (Lipinski definition) is 3. The Labute approximate surface area is 151 Å². The number of carbonyl (C=O) groups is 1. The molecule has 0 saturated heterocycles. The van der Waals surface area contributed by atoms with Gasteiger partial charge in [-0.1, -0.05) is 12.1 Å². The molecule has 1 aromatic heterocycles. The van der Waals surface area contributed by atoms with E-state index in [1.54, 1.807) is 37.3 Å². The third-order valence-corrected chi connectivity index (χ3v) is 4.24. The lowest BCUT2D eigenvalue weighted by atomic mass is 10.0. The highest BCUT2D eigenvalue weighted by Crippen LogP contribution is 2.21. The van der Waals surface area contributed by atoms with Crippen LogP contribution in [0.15, 0.2) is 53.6 Å². The molecule has 1 heterocycles. The number of hydrazone groups is 1. The monoisotopic (exact) mass is 348 g/mol. The van der Waals surface area contributed by atoms with Gasteiger partial charge in [0.25, 0.3) is 5.91 Å². The highest BCUT2D eigenvalue weighted by atomic mass is 16.3. The lowest BCUT2D eigenvalue weighted by Crippen LogP contribution is -2.19. The number of phenolic OH excluding ortho intramolecular Hbond substituents is 1. The first-order valence-electron chi connectivity index (χ1n) is 8.21. The van der Waals surface area contributed by atoms with Gasteiger partial charge >= 0.3 is 0 Å². The summed E-state index contributed by atoms with van der Waals surface area (Å²) >= 11 is 0. The first-order chi connectivity index (χ1) is 12.4. The molecule has 0 unspecified atom stereocenters. The van der Waals surface area contributed by atoms with Gasteiger partial charge in [0.1, 0.15) is 11.4 Å². The van der Waals surface area contributed by atoms with E-state index in [0.29, 0.717) is 17.1 Å². The van der Waals surface area contributed by atoms with Crippen LogP contribution in [0, 0.1) is 13.8 Å². The molecule has 132 valence electrons. The van der Waals surface area contributed by atoms with Gasteiger partial charge in [0.05, 0.1) is 11.4 Å². The van der Waals surface area contributed by atoms with Crippen LogP contribution in [0.4, 0.5) is 0 Å². The highest BCUT2D eigenvalue weighted by Gasteiger charge is 2.11. The fourth-order valence-electron chi connectivity index (χ4n) is 2.45. The summed E-state index contributed by atoms with van der Waals surface area (Å²) in [6.45, 7) is 5.87.